The van der Waals surface area contributed by atoms with Crippen LogP contribution in [0.2, 0.25) is 0 Å². The van der Waals surface area contributed by atoms with E-state index in [1.165, 1.54) is 12.3 Å². The lowest BCUT2D eigenvalue weighted by molar-refractivity contribution is 0.0566. The molecule has 12 nitrogen and oxygen atoms in total. The molecule has 5 heterocycles. The fourth-order valence-corrected chi connectivity index (χ4v) is 5.44. The van der Waals surface area contributed by atoms with E-state index in [1.807, 2.05) is 27.7 Å². The molecule has 2 aliphatic heterocycles. The minimum Gasteiger partial charge on any atom is -0.474 e. The van der Waals surface area contributed by atoms with E-state index in [4.69, 9.17) is 9.47 Å². The van der Waals surface area contributed by atoms with Gasteiger partial charge in [-0.15, -0.1) is 0 Å². The fraction of sp³-hybridized carbons (Fsp3) is 0.444. The van der Waals surface area contributed by atoms with E-state index < -0.39 is 33.1 Å². The number of fused-ring (bicyclic) bond motifs is 2. The normalized spacial score (nSPS) is 15.1. The molecule has 1 N–H and O–H groups in total. The van der Waals surface area contributed by atoms with Gasteiger partial charge in [0.05, 0.1) is 54.0 Å². The maximum Gasteiger partial charge on any atom is 0.415 e. The summed E-state index contributed by atoms with van der Waals surface area (Å²) in [7, 11) is -3.42. The van der Waals surface area contributed by atoms with Crippen molar-refractivity contribution in [2.75, 3.05) is 41.1 Å². The molecule has 0 spiro atoms. The molecule has 0 radical (unpaired) electrons. The maximum absolute atomic E-state index is 14.5. The molecule has 0 unspecified atom stereocenters. The van der Waals surface area contributed by atoms with Crippen LogP contribution in [0.3, 0.4) is 0 Å². The zero-order valence-corrected chi connectivity index (χ0v) is 24.4. The van der Waals surface area contributed by atoms with Gasteiger partial charge in [0.25, 0.3) is 0 Å². The molecule has 2 aliphatic rings. The molecule has 0 fully saturated rings. The molecule has 3 aromatic rings. The monoisotopic (exact) mass is 585 g/mol. The third kappa shape index (κ3) is 6.47. The largest absolute Gasteiger partial charge is 0.474 e. The molecule has 5 rings (SSSR count). The lowest BCUT2D eigenvalue weighted by Crippen LogP contribution is -2.42. The molecule has 41 heavy (non-hydrogen) atoms. The predicted octanol–water partition coefficient (Wildman–Crippen LogP) is 3.70. The standard InChI is InChI=1S/C27H32FN7O5S/c1-16-22(13-30-24-23(16)35(8-9-39-24)26(36)40-27(2,3)4)34-7-6-17-11-31-25(33-20(17)14-34)32-18-10-19(28)21(29-12-18)15-41(5,37)38/h10-13H,6-9,14-15H2,1-5H3,(H,31,32,33). The average Bonchev–Trinajstić information content (AvgIpc) is 2.88. The number of amides is 1. The van der Waals surface area contributed by atoms with Gasteiger partial charge in [0.2, 0.25) is 11.8 Å². The lowest BCUT2D eigenvalue weighted by Gasteiger charge is -2.35. The first-order valence-electron chi connectivity index (χ1n) is 13.1. The Bertz CT molecular complexity index is 1610. The van der Waals surface area contributed by atoms with Gasteiger partial charge < -0.3 is 19.7 Å². The molecule has 0 aromatic carbocycles. The quantitative estimate of drug-likeness (QED) is 0.469. The molecule has 218 valence electrons. The highest BCUT2D eigenvalue weighted by atomic mass is 32.2. The summed E-state index contributed by atoms with van der Waals surface area (Å²) < 4.78 is 48.8. The number of nitrogens with one attached hydrogen (secondary N) is 1. The van der Waals surface area contributed by atoms with Crippen molar-refractivity contribution in [3.05, 3.63) is 53.0 Å². The van der Waals surface area contributed by atoms with Crippen molar-refractivity contribution in [1.82, 2.24) is 19.9 Å². The topological polar surface area (TPSA) is 140 Å². The van der Waals surface area contributed by atoms with E-state index in [0.29, 0.717) is 49.9 Å². The summed E-state index contributed by atoms with van der Waals surface area (Å²) in [5.74, 6) is -0.571. The number of ether oxygens (including phenoxy) is 2. The zero-order chi connectivity index (χ0) is 29.5. The first-order chi connectivity index (χ1) is 19.3. The summed E-state index contributed by atoms with van der Waals surface area (Å²) in [6.07, 6.45) is 6.09. The minimum absolute atomic E-state index is 0.148. The van der Waals surface area contributed by atoms with Crippen molar-refractivity contribution in [2.24, 2.45) is 0 Å². The Morgan fingerprint density at radius 2 is 1.95 bits per heavy atom. The number of rotatable bonds is 5. The minimum atomic E-state index is -3.42. The van der Waals surface area contributed by atoms with Gasteiger partial charge in [-0.05, 0) is 39.7 Å². The van der Waals surface area contributed by atoms with Gasteiger partial charge in [-0.25, -0.2) is 32.6 Å². The number of pyridine rings is 2. The summed E-state index contributed by atoms with van der Waals surface area (Å²) in [6.45, 7) is 9.22. The number of aromatic nitrogens is 4. The van der Waals surface area contributed by atoms with Gasteiger partial charge in [-0.3, -0.25) is 9.88 Å². The predicted molar refractivity (Wildman–Crippen MR) is 151 cm³/mol. The van der Waals surface area contributed by atoms with Crippen molar-refractivity contribution in [2.45, 2.75) is 52.0 Å². The summed E-state index contributed by atoms with van der Waals surface area (Å²) in [5, 5.41) is 2.95. The zero-order valence-electron chi connectivity index (χ0n) is 23.6. The molecule has 0 aliphatic carbocycles. The smallest absolute Gasteiger partial charge is 0.415 e. The molecule has 0 bridgehead atoms. The third-order valence-electron chi connectivity index (χ3n) is 6.54. The van der Waals surface area contributed by atoms with Crippen LogP contribution < -0.4 is 19.9 Å². The van der Waals surface area contributed by atoms with Gasteiger partial charge in [0, 0.05) is 30.6 Å². The second-order valence-corrected chi connectivity index (χ2v) is 13.2. The van der Waals surface area contributed by atoms with Crippen molar-refractivity contribution in [1.29, 1.82) is 0 Å². The van der Waals surface area contributed by atoms with Gasteiger partial charge in [0.1, 0.15) is 23.7 Å². The first-order valence-corrected chi connectivity index (χ1v) is 15.2. The van der Waals surface area contributed by atoms with E-state index in [1.54, 1.807) is 17.3 Å². The summed E-state index contributed by atoms with van der Waals surface area (Å²) in [6, 6.07) is 1.17. The van der Waals surface area contributed by atoms with Gasteiger partial charge in [0.15, 0.2) is 9.84 Å². The Balaban J connectivity index is 1.37. The Kier molecular flexibility index (Phi) is 7.45. The van der Waals surface area contributed by atoms with Gasteiger partial charge in [-0.2, -0.15) is 0 Å². The number of halogens is 1. The van der Waals surface area contributed by atoms with Gasteiger partial charge in [-0.1, -0.05) is 0 Å². The Morgan fingerprint density at radius 1 is 1.17 bits per heavy atom. The fourth-order valence-electron chi connectivity index (χ4n) is 4.73. The average molecular weight is 586 g/mol. The molecule has 1 amide bonds. The highest BCUT2D eigenvalue weighted by Crippen LogP contribution is 2.39. The summed E-state index contributed by atoms with van der Waals surface area (Å²) in [4.78, 5) is 34.2. The first kappa shape index (κ1) is 28.5. The number of carbonyl (C=O) groups is 1. The Hall–Kier alpha value is -4.07. The van der Waals surface area contributed by atoms with Gasteiger partial charge >= 0.3 is 6.09 Å². The second kappa shape index (κ2) is 10.7. The van der Waals surface area contributed by atoms with E-state index in [9.17, 15) is 17.6 Å². The van der Waals surface area contributed by atoms with Crippen LogP contribution in [0.5, 0.6) is 5.88 Å². The third-order valence-corrected chi connectivity index (χ3v) is 7.34. The van der Waals surface area contributed by atoms with Crippen LogP contribution in [-0.2, 0) is 33.3 Å². The van der Waals surface area contributed by atoms with Crippen molar-refractivity contribution in [3.8, 4) is 5.88 Å². The molecule has 0 atom stereocenters. The van der Waals surface area contributed by atoms with Crippen LogP contribution in [0.25, 0.3) is 0 Å². The maximum atomic E-state index is 14.5. The van der Waals surface area contributed by atoms with Crippen molar-refractivity contribution < 1.29 is 27.1 Å². The van der Waals surface area contributed by atoms with E-state index in [-0.39, 0.29) is 11.6 Å². The molecule has 3 aromatic heterocycles. The number of anilines is 4. The van der Waals surface area contributed by atoms with Crippen LogP contribution >= 0.6 is 0 Å². The Morgan fingerprint density at radius 3 is 2.66 bits per heavy atom. The molecular weight excluding hydrogens is 553 g/mol. The highest BCUT2D eigenvalue weighted by molar-refractivity contribution is 7.89. The van der Waals surface area contributed by atoms with E-state index in [0.717, 1.165) is 28.8 Å². The molecule has 0 saturated carbocycles. The van der Waals surface area contributed by atoms with Crippen molar-refractivity contribution >= 4 is 38.9 Å². The Labute approximate surface area is 237 Å². The number of nitrogens with zero attached hydrogens (tertiary/aromatic N) is 6. The van der Waals surface area contributed by atoms with E-state index in [2.05, 4.69) is 30.2 Å². The highest BCUT2D eigenvalue weighted by Gasteiger charge is 2.32. The van der Waals surface area contributed by atoms with Crippen LogP contribution in [0.15, 0.2) is 24.7 Å². The summed E-state index contributed by atoms with van der Waals surface area (Å²) in [5.41, 5.74) is 3.55. The molecular formula is C27H32FN7O5S. The summed E-state index contributed by atoms with van der Waals surface area (Å²) >= 11 is 0. The molecule has 14 heteroatoms. The van der Waals surface area contributed by atoms with Crippen molar-refractivity contribution in [3.63, 3.8) is 0 Å². The SMILES string of the molecule is Cc1c(N2CCc3cnc(Nc4cnc(CS(C)(=O)=O)c(F)c4)nc3C2)cnc2c1N(C(=O)OC(C)(C)C)CCO2. The number of sulfone groups is 1. The van der Waals surface area contributed by atoms with Crippen LogP contribution in [-0.4, -0.2) is 66.0 Å². The number of hydrogen-bond donors (Lipinski definition) is 1. The van der Waals surface area contributed by atoms with E-state index >= 15 is 0 Å². The van der Waals surface area contributed by atoms with Crippen LogP contribution in [0.1, 0.15) is 43.3 Å². The van der Waals surface area contributed by atoms with Crippen LogP contribution in [0.4, 0.5) is 32.2 Å². The van der Waals surface area contributed by atoms with Crippen LogP contribution in [0, 0.1) is 12.7 Å². The number of carbonyl (C=O) groups excluding carboxylic acids is 1. The number of hydrogen-bond acceptors (Lipinski definition) is 11. The molecule has 0 saturated heterocycles. The lowest BCUT2D eigenvalue weighted by atomic mass is 10.0. The second-order valence-electron chi connectivity index (χ2n) is 11.1.